The zero-order chi connectivity index (χ0) is 14.4. The molecule has 0 unspecified atom stereocenters. The number of rotatable bonds is 6. The first-order chi connectivity index (χ1) is 9.70. The summed E-state index contributed by atoms with van der Waals surface area (Å²) in [6, 6.07) is 4.17. The average Bonchev–Trinajstić information content (AvgIpc) is 2.96. The standard InChI is InChI=1S/C14H16FN3O2/c1-20-11-3-4-12(13(15)9-11)14(19)17-5-2-7-18-8-6-16-10-18/h3-4,6,8-10H,2,5,7H2,1H3,(H,17,19). The molecule has 0 spiro atoms. The molecular weight excluding hydrogens is 261 g/mol. The van der Waals surface area contributed by atoms with Crippen LogP contribution < -0.4 is 10.1 Å². The number of carbonyl (C=O) groups is 1. The van der Waals surface area contributed by atoms with Crippen LogP contribution in [0.15, 0.2) is 36.9 Å². The van der Waals surface area contributed by atoms with Crippen molar-refractivity contribution in [3.8, 4) is 5.75 Å². The van der Waals surface area contributed by atoms with Gasteiger partial charge < -0.3 is 14.6 Å². The summed E-state index contributed by atoms with van der Waals surface area (Å²) in [6.45, 7) is 1.23. The fourth-order valence-electron chi connectivity index (χ4n) is 1.78. The third-order valence-corrected chi connectivity index (χ3v) is 2.86. The van der Waals surface area contributed by atoms with E-state index in [2.05, 4.69) is 10.3 Å². The monoisotopic (exact) mass is 277 g/mol. The van der Waals surface area contributed by atoms with Gasteiger partial charge in [-0.25, -0.2) is 9.37 Å². The number of hydrogen-bond donors (Lipinski definition) is 1. The minimum absolute atomic E-state index is 0.0217. The van der Waals surface area contributed by atoms with Crippen LogP contribution >= 0.6 is 0 Å². The summed E-state index contributed by atoms with van der Waals surface area (Å²) in [5, 5.41) is 2.69. The number of hydrogen-bond acceptors (Lipinski definition) is 3. The number of aryl methyl sites for hydroxylation is 1. The lowest BCUT2D eigenvalue weighted by Gasteiger charge is -2.07. The molecule has 1 heterocycles. The molecule has 0 bridgehead atoms. The third kappa shape index (κ3) is 3.57. The molecule has 0 saturated heterocycles. The number of ether oxygens (including phenoxy) is 1. The van der Waals surface area contributed by atoms with Gasteiger partial charge >= 0.3 is 0 Å². The third-order valence-electron chi connectivity index (χ3n) is 2.86. The molecule has 1 aromatic carbocycles. The molecule has 0 fully saturated rings. The number of aromatic nitrogens is 2. The normalized spacial score (nSPS) is 10.3. The van der Waals surface area contributed by atoms with E-state index in [-0.39, 0.29) is 5.56 Å². The molecule has 0 aliphatic rings. The molecule has 1 aromatic heterocycles. The van der Waals surface area contributed by atoms with E-state index in [1.807, 2.05) is 10.8 Å². The molecule has 1 N–H and O–H groups in total. The van der Waals surface area contributed by atoms with Crippen LogP contribution in [-0.4, -0.2) is 29.1 Å². The molecule has 6 heteroatoms. The Bertz CT molecular complexity index is 570. The molecular formula is C14H16FN3O2. The summed E-state index contributed by atoms with van der Waals surface area (Å²) in [5.74, 6) is -0.619. The average molecular weight is 277 g/mol. The van der Waals surface area contributed by atoms with Gasteiger partial charge in [0, 0.05) is 31.5 Å². The summed E-state index contributed by atoms with van der Waals surface area (Å²) in [7, 11) is 1.45. The van der Waals surface area contributed by atoms with Gasteiger partial charge in [-0.3, -0.25) is 4.79 Å². The molecule has 0 aliphatic carbocycles. The summed E-state index contributed by atoms with van der Waals surface area (Å²) in [5.41, 5.74) is 0.0217. The molecule has 2 aromatic rings. The number of halogens is 1. The van der Waals surface area contributed by atoms with Crippen molar-refractivity contribution in [3.05, 3.63) is 48.3 Å². The van der Waals surface area contributed by atoms with E-state index in [1.54, 1.807) is 18.6 Å². The van der Waals surface area contributed by atoms with Crippen LogP contribution in [0.5, 0.6) is 5.75 Å². The highest BCUT2D eigenvalue weighted by Gasteiger charge is 2.11. The van der Waals surface area contributed by atoms with Crippen molar-refractivity contribution in [2.45, 2.75) is 13.0 Å². The van der Waals surface area contributed by atoms with Crippen molar-refractivity contribution in [1.29, 1.82) is 0 Å². The lowest BCUT2D eigenvalue weighted by molar-refractivity contribution is 0.0948. The fourth-order valence-corrected chi connectivity index (χ4v) is 1.78. The van der Waals surface area contributed by atoms with Gasteiger partial charge in [-0.05, 0) is 18.6 Å². The Kier molecular flexibility index (Phi) is 4.70. The Morgan fingerprint density at radius 3 is 3.00 bits per heavy atom. The minimum Gasteiger partial charge on any atom is -0.497 e. The van der Waals surface area contributed by atoms with Gasteiger partial charge in [0.05, 0.1) is 19.0 Å². The number of nitrogens with zero attached hydrogens (tertiary/aromatic N) is 2. The van der Waals surface area contributed by atoms with Gasteiger partial charge in [-0.15, -0.1) is 0 Å². The summed E-state index contributed by atoms with van der Waals surface area (Å²) in [4.78, 5) is 15.7. The first-order valence-corrected chi connectivity index (χ1v) is 6.28. The Hall–Kier alpha value is -2.37. The molecule has 2 rings (SSSR count). The fraction of sp³-hybridized carbons (Fsp3) is 0.286. The number of methoxy groups -OCH3 is 1. The molecule has 1 amide bonds. The molecule has 20 heavy (non-hydrogen) atoms. The van der Waals surface area contributed by atoms with Gasteiger partial charge in [0.25, 0.3) is 5.91 Å². The van der Waals surface area contributed by atoms with Crippen LogP contribution in [0.4, 0.5) is 4.39 Å². The van der Waals surface area contributed by atoms with Crippen molar-refractivity contribution in [2.24, 2.45) is 0 Å². The van der Waals surface area contributed by atoms with E-state index in [4.69, 9.17) is 4.74 Å². The van der Waals surface area contributed by atoms with E-state index in [1.165, 1.54) is 19.2 Å². The topological polar surface area (TPSA) is 56.1 Å². The minimum atomic E-state index is -0.587. The highest BCUT2D eigenvalue weighted by atomic mass is 19.1. The van der Waals surface area contributed by atoms with Crippen molar-refractivity contribution in [2.75, 3.05) is 13.7 Å². The second-order valence-electron chi connectivity index (χ2n) is 4.26. The van der Waals surface area contributed by atoms with E-state index < -0.39 is 11.7 Å². The summed E-state index contributed by atoms with van der Waals surface area (Å²) in [6.07, 6.45) is 6.01. The zero-order valence-electron chi connectivity index (χ0n) is 11.2. The molecule has 0 saturated carbocycles. The Labute approximate surface area is 116 Å². The Morgan fingerprint density at radius 1 is 1.50 bits per heavy atom. The predicted octanol–water partition coefficient (Wildman–Crippen LogP) is 1.85. The Morgan fingerprint density at radius 2 is 2.35 bits per heavy atom. The number of carbonyl (C=O) groups excluding carboxylic acids is 1. The first kappa shape index (κ1) is 14.0. The molecule has 0 radical (unpaired) electrons. The maximum Gasteiger partial charge on any atom is 0.254 e. The number of imidazole rings is 1. The van der Waals surface area contributed by atoms with Crippen LogP contribution in [0.25, 0.3) is 0 Å². The molecule has 0 aliphatic heterocycles. The van der Waals surface area contributed by atoms with Crippen LogP contribution in [0, 0.1) is 5.82 Å². The summed E-state index contributed by atoms with van der Waals surface area (Å²) < 4.78 is 20.5. The van der Waals surface area contributed by atoms with Gasteiger partial charge in [-0.1, -0.05) is 0 Å². The van der Waals surface area contributed by atoms with E-state index in [0.717, 1.165) is 13.0 Å². The summed E-state index contributed by atoms with van der Waals surface area (Å²) >= 11 is 0. The highest BCUT2D eigenvalue weighted by molar-refractivity contribution is 5.94. The van der Waals surface area contributed by atoms with Gasteiger partial charge in [0.2, 0.25) is 0 Å². The van der Waals surface area contributed by atoms with Gasteiger partial charge in [0.15, 0.2) is 0 Å². The predicted molar refractivity (Wildman–Crippen MR) is 72.1 cm³/mol. The Balaban J connectivity index is 1.82. The van der Waals surface area contributed by atoms with Crippen LogP contribution in [0.1, 0.15) is 16.8 Å². The van der Waals surface area contributed by atoms with Crippen molar-refractivity contribution in [3.63, 3.8) is 0 Å². The van der Waals surface area contributed by atoms with Gasteiger partial charge in [0.1, 0.15) is 11.6 Å². The first-order valence-electron chi connectivity index (χ1n) is 6.28. The molecule has 5 nitrogen and oxygen atoms in total. The number of nitrogens with one attached hydrogen (secondary N) is 1. The second kappa shape index (κ2) is 6.70. The van der Waals surface area contributed by atoms with Crippen molar-refractivity contribution in [1.82, 2.24) is 14.9 Å². The highest BCUT2D eigenvalue weighted by Crippen LogP contribution is 2.15. The van der Waals surface area contributed by atoms with E-state index in [9.17, 15) is 9.18 Å². The van der Waals surface area contributed by atoms with Gasteiger partial charge in [-0.2, -0.15) is 0 Å². The van der Waals surface area contributed by atoms with Crippen LogP contribution in [0.3, 0.4) is 0 Å². The second-order valence-corrected chi connectivity index (χ2v) is 4.26. The van der Waals surface area contributed by atoms with Crippen LogP contribution in [-0.2, 0) is 6.54 Å². The molecule has 106 valence electrons. The van der Waals surface area contributed by atoms with Crippen molar-refractivity contribution >= 4 is 5.91 Å². The van der Waals surface area contributed by atoms with Crippen LogP contribution in [0.2, 0.25) is 0 Å². The zero-order valence-corrected chi connectivity index (χ0v) is 11.2. The smallest absolute Gasteiger partial charge is 0.254 e. The number of amides is 1. The maximum absolute atomic E-state index is 13.7. The van der Waals surface area contributed by atoms with E-state index in [0.29, 0.717) is 12.3 Å². The quantitative estimate of drug-likeness (QED) is 0.820. The van der Waals surface area contributed by atoms with Crippen molar-refractivity contribution < 1.29 is 13.9 Å². The number of benzene rings is 1. The lowest BCUT2D eigenvalue weighted by atomic mass is 10.2. The lowest BCUT2D eigenvalue weighted by Crippen LogP contribution is -2.26. The maximum atomic E-state index is 13.7. The largest absolute Gasteiger partial charge is 0.497 e. The SMILES string of the molecule is COc1ccc(C(=O)NCCCn2ccnc2)c(F)c1. The molecule has 0 atom stereocenters. The van der Waals surface area contributed by atoms with E-state index >= 15 is 0 Å².